The summed E-state index contributed by atoms with van der Waals surface area (Å²) in [6.45, 7) is 1.22. The van der Waals surface area contributed by atoms with Crippen molar-refractivity contribution in [3.8, 4) is 0 Å². The number of hydrogen-bond donors (Lipinski definition) is 2. The van der Waals surface area contributed by atoms with E-state index in [1.165, 1.54) is 6.92 Å². The van der Waals surface area contributed by atoms with E-state index >= 15 is 0 Å². The van der Waals surface area contributed by atoms with Gasteiger partial charge in [-0.3, -0.25) is 9.52 Å². The number of rotatable bonds is 1. The Kier molecular flexibility index (Phi) is 1.97. The molecule has 4 nitrogen and oxygen atoms in total. The average Bonchev–Trinajstić information content (AvgIpc) is 1.21. The zero-order chi connectivity index (χ0) is 6.78. The van der Waals surface area contributed by atoms with Gasteiger partial charge in [0.2, 0.25) is 5.91 Å². The maximum absolute atomic E-state index is 10.3. The van der Waals surface area contributed by atoms with Gasteiger partial charge in [0.15, 0.2) is 0 Å². The topological polar surface area (TPSA) is 70.0 Å². The van der Waals surface area contributed by atoms with Crippen LogP contribution >= 0.6 is 0 Å². The number of hydrogen-bond acceptors (Lipinski definition) is 3. The molecule has 0 aromatic rings. The fourth-order valence-corrected chi connectivity index (χ4v) is 0.823. The van der Waals surface area contributed by atoms with Gasteiger partial charge in [0.1, 0.15) is 9.92 Å². The van der Waals surface area contributed by atoms with Crippen LogP contribution in [0.3, 0.4) is 0 Å². The lowest BCUT2D eigenvalue weighted by Crippen LogP contribution is -2.25. The van der Waals surface area contributed by atoms with Gasteiger partial charge >= 0.3 is 0 Å². The van der Waals surface area contributed by atoms with Crippen LogP contribution in [0.1, 0.15) is 6.92 Å². The standard InChI is InChI=1S/C3H8N2O2S/c1-3(6)5-8(2,4)7/h1-2H3,(H2,4,5,6,7). The zero-order valence-corrected chi connectivity index (χ0v) is 5.54. The average molecular weight is 136 g/mol. The van der Waals surface area contributed by atoms with Crippen LogP contribution in [0.4, 0.5) is 0 Å². The van der Waals surface area contributed by atoms with E-state index in [-0.39, 0.29) is 0 Å². The van der Waals surface area contributed by atoms with Gasteiger partial charge in [-0.1, -0.05) is 0 Å². The number of carbonyl (C=O) groups is 1. The quantitative estimate of drug-likeness (QED) is 0.520. The fourth-order valence-electron chi connectivity index (χ4n) is 0.274. The highest BCUT2D eigenvalue weighted by atomic mass is 32.2. The summed E-state index contributed by atoms with van der Waals surface area (Å²) in [4.78, 5) is 10.0. The molecule has 0 spiro atoms. The van der Waals surface area contributed by atoms with Gasteiger partial charge in [0.25, 0.3) is 0 Å². The van der Waals surface area contributed by atoms with E-state index in [9.17, 15) is 9.00 Å². The summed E-state index contributed by atoms with van der Waals surface area (Å²) < 4.78 is 18.9. The first-order chi connectivity index (χ1) is 3.42. The highest BCUT2D eigenvalue weighted by Gasteiger charge is 1.95. The summed E-state index contributed by atoms with van der Waals surface area (Å²) in [7, 11) is -2.82. The molecule has 0 saturated heterocycles. The van der Waals surface area contributed by atoms with Gasteiger partial charge in [-0.05, 0) is 0 Å². The minimum absolute atomic E-state index is 0.437. The molecule has 0 saturated carbocycles. The predicted molar refractivity (Wildman–Crippen MR) is 30.6 cm³/mol. The molecule has 0 rings (SSSR count). The van der Waals surface area contributed by atoms with Crippen molar-refractivity contribution in [1.29, 1.82) is 4.78 Å². The third-order valence-electron chi connectivity index (χ3n) is 0.338. The SMILES string of the molecule is CC(=O)NS(C)(=N)=O. The van der Waals surface area contributed by atoms with Crippen molar-refractivity contribution in [2.75, 3.05) is 6.26 Å². The van der Waals surface area contributed by atoms with Crippen molar-refractivity contribution in [1.82, 2.24) is 4.72 Å². The molecule has 0 aliphatic carbocycles. The van der Waals surface area contributed by atoms with Crippen LogP contribution in [0, 0.1) is 4.78 Å². The molecule has 0 heterocycles. The summed E-state index contributed by atoms with van der Waals surface area (Å²) >= 11 is 0. The molecule has 0 radical (unpaired) electrons. The summed E-state index contributed by atoms with van der Waals surface area (Å²) in [6.07, 6.45) is 1.15. The fraction of sp³-hybridized carbons (Fsp3) is 0.667. The molecule has 2 N–H and O–H groups in total. The lowest BCUT2D eigenvalue weighted by atomic mass is 10.8. The van der Waals surface area contributed by atoms with E-state index in [0.717, 1.165) is 6.26 Å². The van der Waals surface area contributed by atoms with Crippen molar-refractivity contribution in [3.05, 3.63) is 0 Å². The Morgan fingerprint density at radius 3 is 2.12 bits per heavy atom. The molecule has 1 unspecified atom stereocenters. The van der Waals surface area contributed by atoms with Crippen molar-refractivity contribution >= 4 is 15.8 Å². The summed E-state index contributed by atoms with van der Waals surface area (Å²) in [5.41, 5.74) is 0. The number of amides is 1. The Balaban J connectivity index is 3.95. The van der Waals surface area contributed by atoms with Crippen LogP contribution in [0.5, 0.6) is 0 Å². The first-order valence-electron chi connectivity index (χ1n) is 1.94. The molecule has 0 bridgehead atoms. The van der Waals surface area contributed by atoms with Crippen molar-refractivity contribution < 1.29 is 9.00 Å². The first-order valence-corrected chi connectivity index (χ1v) is 3.90. The highest BCUT2D eigenvalue weighted by molar-refractivity contribution is 7.90. The Morgan fingerprint density at radius 1 is 1.75 bits per heavy atom. The van der Waals surface area contributed by atoms with E-state index in [1.807, 2.05) is 4.72 Å². The van der Waals surface area contributed by atoms with Gasteiger partial charge in [-0.25, -0.2) is 8.99 Å². The van der Waals surface area contributed by atoms with Gasteiger partial charge < -0.3 is 0 Å². The van der Waals surface area contributed by atoms with Crippen molar-refractivity contribution in [2.45, 2.75) is 6.92 Å². The molecule has 0 aromatic heterocycles. The smallest absolute Gasteiger partial charge is 0.229 e. The van der Waals surface area contributed by atoms with Gasteiger partial charge in [-0.2, -0.15) is 0 Å². The Hall–Kier alpha value is -0.580. The van der Waals surface area contributed by atoms with Crippen molar-refractivity contribution in [3.63, 3.8) is 0 Å². The number of carbonyl (C=O) groups excluding carboxylic acids is 1. The van der Waals surface area contributed by atoms with E-state index in [2.05, 4.69) is 0 Å². The second-order valence-corrected chi connectivity index (χ2v) is 3.39. The number of nitrogens with one attached hydrogen (secondary N) is 2. The largest absolute Gasteiger partial charge is 0.274 e. The minimum Gasteiger partial charge on any atom is -0.274 e. The molecule has 1 atom stereocenters. The molecule has 0 aliphatic rings. The second kappa shape index (κ2) is 2.13. The van der Waals surface area contributed by atoms with E-state index in [4.69, 9.17) is 4.78 Å². The van der Waals surface area contributed by atoms with Crippen molar-refractivity contribution in [2.24, 2.45) is 0 Å². The molecule has 5 heteroatoms. The van der Waals surface area contributed by atoms with E-state index < -0.39 is 15.8 Å². The molecule has 0 aromatic carbocycles. The maximum Gasteiger partial charge on any atom is 0.229 e. The molecule has 0 fully saturated rings. The summed E-state index contributed by atoms with van der Waals surface area (Å²) in [5, 5.41) is 0. The monoisotopic (exact) mass is 136 g/mol. The third-order valence-corrected chi connectivity index (χ3v) is 1.02. The molecule has 1 amide bonds. The molecular formula is C3H8N2O2S. The van der Waals surface area contributed by atoms with Gasteiger partial charge in [0, 0.05) is 13.2 Å². The Morgan fingerprint density at radius 2 is 2.12 bits per heavy atom. The Bertz CT molecular complexity index is 181. The molecular weight excluding hydrogens is 128 g/mol. The normalized spacial score (nSPS) is 16.8. The van der Waals surface area contributed by atoms with Crippen LogP contribution in [-0.2, 0) is 14.7 Å². The summed E-state index contributed by atoms with van der Waals surface area (Å²) in [5.74, 6) is -0.437. The van der Waals surface area contributed by atoms with E-state index in [1.54, 1.807) is 0 Å². The predicted octanol–water partition coefficient (Wildman–Crippen LogP) is -0.286. The van der Waals surface area contributed by atoms with Gasteiger partial charge in [0.05, 0.1) is 0 Å². The van der Waals surface area contributed by atoms with Crippen LogP contribution < -0.4 is 4.72 Å². The lowest BCUT2D eigenvalue weighted by Gasteiger charge is -1.97. The van der Waals surface area contributed by atoms with Crippen LogP contribution in [0.2, 0.25) is 0 Å². The third kappa shape index (κ3) is 5.42. The first kappa shape index (κ1) is 7.42. The highest BCUT2D eigenvalue weighted by Crippen LogP contribution is 1.73. The molecule has 48 valence electrons. The molecule has 0 aliphatic heterocycles. The minimum atomic E-state index is -2.82. The van der Waals surface area contributed by atoms with E-state index in [0.29, 0.717) is 0 Å². The van der Waals surface area contributed by atoms with Crippen LogP contribution in [0.15, 0.2) is 0 Å². The molecule has 8 heavy (non-hydrogen) atoms. The summed E-state index contributed by atoms with van der Waals surface area (Å²) in [6, 6.07) is 0. The van der Waals surface area contributed by atoms with Crippen LogP contribution in [-0.4, -0.2) is 16.4 Å². The van der Waals surface area contributed by atoms with Gasteiger partial charge in [-0.15, -0.1) is 0 Å². The maximum atomic E-state index is 10.3. The second-order valence-electron chi connectivity index (χ2n) is 1.50. The zero-order valence-electron chi connectivity index (χ0n) is 4.72. The Labute approximate surface area is 48.4 Å². The van der Waals surface area contributed by atoms with Crippen LogP contribution in [0.25, 0.3) is 0 Å². The lowest BCUT2D eigenvalue weighted by molar-refractivity contribution is -0.117.